The molecule has 0 bridgehead atoms. The molecular weight excluding hydrogens is 765 g/mol. The molecule has 2 aromatic heterocycles. The third-order valence-electron chi connectivity index (χ3n) is 12.4. The number of fused-ring (bicyclic) bond motifs is 6. The number of furan rings is 1. The molecule has 0 aliphatic carbocycles. The number of rotatable bonds is 8. The van der Waals surface area contributed by atoms with Crippen molar-refractivity contribution >= 4 is 60.8 Å². The van der Waals surface area contributed by atoms with E-state index in [1.807, 2.05) is 6.07 Å². The van der Waals surface area contributed by atoms with Gasteiger partial charge in [0.05, 0.1) is 22.4 Å². The molecule has 12 rings (SSSR count). The molecule has 0 N–H and O–H groups in total. The van der Waals surface area contributed by atoms with Gasteiger partial charge in [-0.05, 0) is 106 Å². The molecule has 0 aliphatic rings. The van der Waals surface area contributed by atoms with Crippen LogP contribution in [0.4, 0.5) is 17.1 Å². The molecular formula is C60H40N2O. The van der Waals surface area contributed by atoms with Gasteiger partial charge in [-0.25, -0.2) is 0 Å². The molecule has 0 radical (unpaired) electrons. The molecule has 296 valence electrons. The molecule has 0 amide bonds. The SMILES string of the molecule is c1ccc(-c2ccc3c(c2)oc2cc(-c4ccccc4N(c4ccc(-c5cccc(-n6c7ccccc7c7ccccc76)c5)cc4)c4ccccc4-c4ccccc4)ccc23)cc1. The molecule has 10 aromatic carbocycles. The van der Waals surface area contributed by atoms with Crippen LogP contribution >= 0.6 is 0 Å². The number of para-hydroxylation sites is 4. The van der Waals surface area contributed by atoms with Gasteiger partial charge >= 0.3 is 0 Å². The third kappa shape index (κ3) is 6.38. The Morgan fingerprint density at radius 3 is 1.41 bits per heavy atom. The molecule has 0 unspecified atom stereocenters. The molecule has 0 aliphatic heterocycles. The van der Waals surface area contributed by atoms with E-state index in [2.05, 4.69) is 246 Å². The normalized spacial score (nSPS) is 11.5. The van der Waals surface area contributed by atoms with Gasteiger partial charge in [0, 0.05) is 44.0 Å². The Hall–Kier alpha value is -8.40. The van der Waals surface area contributed by atoms with Crippen LogP contribution in [0.1, 0.15) is 0 Å². The van der Waals surface area contributed by atoms with E-state index in [1.165, 1.54) is 27.4 Å². The summed E-state index contributed by atoms with van der Waals surface area (Å²) in [5.41, 5.74) is 17.6. The first-order chi connectivity index (χ1) is 31.2. The lowest BCUT2D eigenvalue weighted by Crippen LogP contribution is -2.12. The third-order valence-corrected chi connectivity index (χ3v) is 12.4. The van der Waals surface area contributed by atoms with Crippen LogP contribution in [0, 0.1) is 0 Å². The van der Waals surface area contributed by atoms with Crippen molar-refractivity contribution in [1.29, 1.82) is 0 Å². The maximum Gasteiger partial charge on any atom is 0.136 e. The van der Waals surface area contributed by atoms with Gasteiger partial charge in [0.1, 0.15) is 11.2 Å². The van der Waals surface area contributed by atoms with E-state index in [1.54, 1.807) is 0 Å². The number of hydrogen-bond acceptors (Lipinski definition) is 2. The van der Waals surface area contributed by atoms with Gasteiger partial charge in [0.15, 0.2) is 0 Å². The maximum atomic E-state index is 6.64. The summed E-state index contributed by atoms with van der Waals surface area (Å²) in [4.78, 5) is 2.41. The topological polar surface area (TPSA) is 21.3 Å². The van der Waals surface area contributed by atoms with Crippen LogP contribution in [0.5, 0.6) is 0 Å². The van der Waals surface area contributed by atoms with Crippen LogP contribution < -0.4 is 4.90 Å². The van der Waals surface area contributed by atoms with Gasteiger partial charge in [-0.1, -0.05) is 170 Å². The van der Waals surface area contributed by atoms with Crippen LogP contribution in [0.2, 0.25) is 0 Å². The minimum absolute atomic E-state index is 0.867. The van der Waals surface area contributed by atoms with Gasteiger partial charge in [-0.3, -0.25) is 0 Å². The van der Waals surface area contributed by atoms with Gasteiger partial charge < -0.3 is 13.9 Å². The molecule has 0 saturated carbocycles. The largest absolute Gasteiger partial charge is 0.456 e. The van der Waals surface area contributed by atoms with Gasteiger partial charge in [0.2, 0.25) is 0 Å². The smallest absolute Gasteiger partial charge is 0.136 e. The second-order valence-corrected chi connectivity index (χ2v) is 16.1. The molecule has 0 fully saturated rings. The lowest BCUT2D eigenvalue weighted by Gasteiger charge is -2.30. The summed E-state index contributed by atoms with van der Waals surface area (Å²) >= 11 is 0. The predicted octanol–water partition coefficient (Wildman–Crippen LogP) is 16.8. The first kappa shape index (κ1) is 36.5. The maximum absolute atomic E-state index is 6.64. The van der Waals surface area contributed by atoms with Crippen molar-refractivity contribution in [3.05, 3.63) is 243 Å². The molecule has 0 atom stereocenters. The highest BCUT2D eigenvalue weighted by Gasteiger charge is 2.21. The zero-order chi connectivity index (χ0) is 41.7. The Morgan fingerprint density at radius 2 is 0.762 bits per heavy atom. The zero-order valence-electron chi connectivity index (χ0n) is 34.4. The van der Waals surface area contributed by atoms with Crippen molar-refractivity contribution in [3.8, 4) is 50.2 Å². The molecule has 0 saturated heterocycles. The highest BCUT2D eigenvalue weighted by atomic mass is 16.3. The van der Waals surface area contributed by atoms with E-state index >= 15 is 0 Å². The van der Waals surface area contributed by atoms with Crippen molar-refractivity contribution in [2.75, 3.05) is 4.90 Å². The standard InChI is InChI=1S/C60H40N2O/c1-3-16-41(17-4-1)45-32-36-53-54-37-33-46(40-60(54)63-59(53)39-45)50-23-8-12-27-56(50)61(55-26-11-7-22-49(55)43-18-5-2-6-19-43)47-34-30-42(31-35-47)44-20-15-21-48(38-44)62-57-28-13-9-24-51(57)52-25-10-14-29-58(52)62/h1-40H. The summed E-state index contributed by atoms with van der Waals surface area (Å²) < 4.78 is 9.02. The second-order valence-electron chi connectivity index (χ2n) is 16.1. The van der Waals surface area contributed by atoms with E-state index < -0.39 is 0 Å². The molecule has 0 spiro atoms. The van der Waals surface area contributed by atoms with Gasteiger partial charge in [0.25, 0.3) is 0 Å². The predicted molar refractivity (Wildman–Crippen MR) is 264 cm³/mol. The number of nitrogens with zero attached hydrogens (tertiary/aromatic N) is 2. The molecule has 3 heteroatoms. The van der Waals surface area contributed by atoms with E-state index in [4.69, 9.17) is 4.42 Å². The molecule has 12 aromatic rings. The van der Waals surface area contributed by atoms with E-state index in [9.17, 15) is 0 Å². The second kappa shape index (κ2) is 15.3. The zero-order valence-corrected chi connectivity index (χ0v) is 34.4. The molecule has 2 heterocycles. The van der Waals surface area contributed by atoms with Crippen molar-refractivity contribution < 1.29 is 4.42 Å². The van der Waals surface area contributed by atoms with Crippen LogP contribution in [-0.4, -0.2) is 4.57 Å². The first-order valence-corrected chi connectivity index (χ1v) is 21.5. The quantitative estimate of drug-likeness (QED) is 0.153. The fourth-order valence-corrected chi connectivity index (χ4v) is 9.43. The van der Waals surface area contributed by atoms with Crippen LogP contribution in [0.15, 0.2) is 247 Å². The van der Waals surface area contributed by atoms with Crippen LogP contribution in [0.3, 0.4) is 0 Å². The average molecular weight is 805 g/mol. The Balaban J connectivity index is 0.975. The van der Waals surface area contributed by atoms with Crippen molar-refractivity contribution in [2.45, 2.75) is 0 Å². The number of anilines is 3. The highest BCUT2D eigenvalue weighted by molar-refractivity contribution is 6.10. The molecule has 63 heavy (non-hydrogen) atoms. The van der Waals surface area contributed by atoms with Crippen LogP contribution in [0.25, 0.3) is 93.9 Å². The van der Waals surface area contributed by atoms with Crippen molar-refractivity contribution in [2.24, 2.45) is 0 Å². The van der Waals surface area contributed by atoms with Gasteiger partial charge in [-0.2, -0.15) is 0 Å². The minimum atomic E-state index is 0.867. The highest BCUT2D eigenvalue weighted by Crippen LogP contribution is 2.46. The fourth-order valence-electron chi connectivity index (χ4n) is 9.43. The summed E-state index contributed by atoms with van der Waals surface area (Å²) in [6, 6.07) is 87.0. The van der Waals surface area contributed by atoms with Crippen molar-refractivity contribution in [3.63, 3.8) is 0 Å². The number of hydrogen-bond donors (Lipinski definition) is 0. The Morgan fingerprint density at radius 1 is 0.302 bits per heavy atom. The number of benzene rings is 10. The fraction of sp³-hybridized carbons (Fsp3) is 0. The Labute approximate surface area is 366 Å². The minimum Gasteiger partial charge on any atom is -0.456 e. The van der Waals surface area contributed by atoms with Crippen LogP contribution in [-0.2, 0) is 0 Å². The van der Waals surface area contributed by atoms with E-state index in [-0.39, 0.29) is 0 Å². The van der Waals surface area contributed by atoms with Gasteiger partial charge in [-0.15, -0.1) is 0 Å². The number of aromatic nitrogens is 1. The first-order valence-electron chi connectivity index (χ1n) is 21.5. The van der Waals surface area contributed by atoms with E-state index in [0.29, 0.717) is 0 Å². The summed E-state index contributed by atoms with van der Waals surface area (Å²) in [6.45, 7) is 0. The monoisotopic (exact) mass is 804 g/mol. The Bertz CT molecular complexity index is 3570. The summed E-state index contributed by atoms with van der Waals surface area (Å²) in [5.74, 6) is 0. The summed E-state index contributed by atoms with van der Waals surface area (Å²) in [6.07, 6.45) is 0. The summed E-state index contributed by atoms with van der Waals surface area (Å²) in [7, 11) is 0. The Kier molecular flexibility index (Phi) is 8.83. The lowest BCUT2D eigenvalue weighted by atomic mass is 9.97. The van der Waals surface area contributed by atoms with Crippen molar-refractivity contribution in [1.82, 2.24) is 4.57 Å². The lowest BCUT2D eigenvalue weighted by molar-refractivity contribution is 0.669. The molecule has 3 nitrogen and oxygen atoms in total. The average Bonchev–Trinajstić information content (AvgIpc) is 3.90. The summed E-state index contributed by atoms with van der Waals surface area (Å²) in [5, 5.41) is 4.74. The van der Waals surface area contributed by atoms with E-state index in [0.717, 1.165) is 83.6 Å².